The predicted octanol–water partition coefficient (Wildman–Crippen LogP) is 3.95. The Hall–Kier alpha value is -1.20. The second-order valence-corrected chi connectivity index (χ2v) is 5.28. The molecule has 0 saturated heterocycles. The van der Waals surface area contributed by atoms with E-state index < -0.39 is 0 Å². The molecule has 1 N–H and O–H groups in total. The maximum Gasteiger partial charge on any atom is 0.247 e. The molecule has 1 atom stereocenters. The lowest BCUT2D eigenvalue weighted by atomic mass is 10.2. The van der Waals surface area contributed by atoms with Gasteiger partial charge in [-0.15, -0.1) is 10.2 Å². The zero-order valence-corrected chi connectivity index (χ0v) is 12.8. The molecule has 1 unspecified atom stereocenters. The van der Waals surface area contributed by atoms with E-state index in [1.807, 2.05) is 24.3 Å². The first-order valence-electron chi connectivity index (χ1n) is 6.57. The van der Waals surface area contributed by atoms with Crippen molar-refractivity contribution in [1.82, 2.24) is 15.5 Å². The van der Waals surface area contributed by atoms with E-state index in [0.29, 0.717) is 11.8 Å². The first kappa shape index (κ1) is 14.2. The standard InChI is InChI=1S/C14H18BrN3O/c1-3-9-16-12(4-2)14-18-17-13(19-14)10-5-7-11(15)8-6-10/h5-8,12,16H,3-4,9H2,1-2H3. The van der Waals surface area contributed by atoms with Crippen LogP contribution in [-0.4, -0.2) is 16.7 Å². The summed E-state index contributed by atoms with van der Waals surface area (Å²) in [5.41, 5.74) is 0.937. The van der Waals surface area contributed by atoms with Crippen LogP contribution in [0.4, 0.5) is 0 Å². The first-order valence-corrected chi connectivity index (χ1v) is 7.36. The molecule has 2 aromatic rings. The molecule has 0 saturated carbocycles. The Morgan fingerprint density at radius 1 is 1.21 bits per heavy atom. The number of benzene rings is 1. The molecule has 0 aliphatic rings. The molecule has 0 bridgehead atoms. The summed E-state index contributed by atoms with van der Waals surface area (Å²) >= 11 is 3.41. The second kappa shape index (κ2) is 6.82. The van der Waals surface area contributed by atoms with Crippen LogP contribution in [0.1, 0.15) is 38.6 Å². The first-order chi connectivity index (χ1) is 9.24. The zero-order valence-electron chi connectivity index (χ0n) is 11.2. The minimum absolute atomic E-state index is 0.136. The highest BCUT2D eigenvalue weighted by atomic mass is 79.9. The average molecular weight is 324 g/mol. The van der Waals surface area contributed by atoms with Crippen molar-refractivity contribution in [2.45, 2.75) is 32.7 Å². The van der Waals surface area contributed by atoms with Crippen LogP contribution < -0.4 is 5.32 Å². The lowest BCUT2D eigenvalue weighted by Gasteiger charge is -2.11. The summed E-state index contributed by atoms with van der Waals surface area (Å²) in [5.74, 6) is 1.23. The molecule has 0 radical (unpaired) electrons. The van der Waals surface area contributed by atoms with Gasteiger partial charge in [0.1, 0.15) is 0 Å². The van der Waals surface area contributed by atoms with E-state index in [-0.39, 0.29) is 6.04 Å². The molecular formula is C14H18BrN3O. The number of hydrogen-bond acceptors (Lipinski definition) is 4. The molecule has 0 amide bonds. The van der Waals surface area contributed by atoms with Gasteiger partial charge >= 0.3 is 0 Å². The molecule has 5 heteroatoms. The Labute approximate surface area is 121 Å². The third-order valence-electron chi connectivity index (χ3n) is 2.88. The van der Waals surface area contributed by atoms with E-state index >= 15 is 0 Å². The molecule has 2 rings (SSSR count). The lowest BCUT2D eigenvalue weighted by molar-refractivity contribution is 0.396. The van der Waals surface area contributed by atoms with Crippen LogP contribution in [0, 0.1) is 0 Å². The van der Waals surface area contributed by atoms with Gasteiger partial charge in [0.05, 0.1) is 6.04 Å². The van der Waals surface area contributed by atoms with Gasteiger partial charge in [0.15, 0.2) is 0 Å². The molecule has 1 aromatic heterocycles. The van der Waals surface area contributed by atoms with Crippen LogP contribution in [0.3, 0.4) is 0 Å². The number of hydrogen-bond donors (Lipinski definition) is 1. The van der Waals surface area contributed by atoms with Crippen LogP contribution >= 0.6 is 15.9 Å². The van der Waals surface area contributed by atoms with Crippen molar-refractivity contribution >= 4 is 15.9 Å². The van der Waals surface area contributed by atoms with Crippen molar-refractivity contribution in [2.75, 3.05) is 6.54 Å². The number of halogens is 1. The van der Waals surface area contributed by atoms with Gasteiger partial charge in [-0.1, -0.05) is 29.8 Å². The van der Waals surface area contributed by atoms with Crippen LogP contribution in [0.15, 0.2) is 33.2 Å². The summed E-state index contributed by atoms with van der Waals surface area (Å²) in [6.07, 6.45) is 2.02. The van der Waals surface area contributed by atoms with Gasteiger partial charge in [0.25, 0.3) is 0 Å². The van der Waals surface area contributed by atoms with E-state index in [1.54, 1.807) is 0 Å². The largest absolute Gasteiger partial charge is 0.419 e. The smallest absolute Gasteiger partial charge is 0.247 e. The summed E-state index contributed by atoms with van der Waals surface area (Å²) < 4.78 is 6.79. The minimum atomic E-state index is 0.136. The quantitative estimate of drug-likeness (QED) is 0.874. The summed E-state index contributed by atoms with van der Waals surface area (Å²) in [6, 6.07) is 7.98. The fraction of sp³-hybridized carbons (Fsp3) is 0.429. The third kappa shape index (κ3) is 3.64. The fourth-order valence-corrected chi connectivity index (χ4v) is 2.07. The Kier molecular flexibility index (Phi) is 5.10. The Balaban J connectivity index is 2.15. The number of rotatable bonds is 6. The van der Waals surface area contributed by atoms with Gasteiger partial charge in [0, 0.05) is 10.0 Å². The van der Waals surface area contributed by atoms with Crippen molar-refractivity contribution in [2.24, 2.45) is 0 Å². The highest BCUT2D eigenvalue weighted by Crippen LogP contribution is 2.23. The van der Waals surface area contributed by atoms with Crippen molar-refractivity contribution in [1.29, 1.82) is 0 Å². The Bertz CT molecular complexity index is 510. The van der Waals surface area contributed by atoms with Crippen molar-refractivity contribution in [3.05, 3.63) is 34.6 Å². The van der Waals surface area contributed by atoms with E-state index in [2.05, 4.69) is 45.3 Å². The number of nitrogens with zero attached hydrogens (tertiary/aromatic N) is 2. The summed E-state index contributed by atoms with van der Waals surface area (Å²) in [5, 5.41) is 11.7. The van der Waals surface area contributed by atoms with Gasteiger partial charge < -0.3 is 9.73 Å². The average Bonchev–Trinajstić information content (AvgIpc) is 2.90. The molecule has 4 nitrogen and oxygen atoms in total. The minimum Gasteiger partial charge on any atom is -0.419 e. The van der Waals surface area contributed by atoms with E-state index in [9.17, 15) is 0 Å². The van der Waals surface area contributed by atoms with Crippen molar-refractivity contribution < 1.29 is 4.42 Å². The molecule has 1 aromatic carbocycles. The number of aromatic nitrogens is 2. The molecule has 0 aliphatic carbocycles. The Morgan fingerprint density at radius 3 is 2.58 bits per heavy atom. The van der Waals surface area contributed by atoms with Gasteiger partial charge in [-0.05, 0) is 43.7 Å². The predicted molar refractivity (Wildman–Crippen MR) is 78.8 cm³/mol. The summed E-state index contributed by atoms with van der Waals surface area (Å²) in [7, 11) is 0. The molecule has 1 heterocycles. The lowest BCUT2D eigenvalue weighted by Crippen LogP contribution is -2.21. The molecule has 102 valence electrons. The van der Waals surface area contributed by atoms with Gasteiger partial charge in [-0.3, -0.25) is 0 Å². The van der Waals surface area contributed by atoms with Crippen LogP contribution in [0.5, 0.6) is 0 Å². The number of nitrogens with one attached hydrogen (secondary N) is 1. The van der Waals surface area contributed by atoms with Gasteiger partial charge in [-0.25, -0.2) is 0 Å². The van der Waals surface area contributed by atoms with E-state index in [4.69, 9.17) is 4.42 Å². The van der Waals surface area contributed by atoms with Gasteiger partial charge in [0.2, 0.25) is 11.8 Å². The topological polar surface area (TPSA) is 51.0 Å². The monoisotopic (exact) mass is 323 g/mol. The summed E-state index contributed by atoms with van der Waals surface area (Å²) in [4.78, 5) is 0. The third-order valence-corrected chi connectivity index (χ3v) is 3.41. The molecular weight excluding hydrogens is 306 g/mol. The fourth-order valence-electron chi connectivity index (χ4n) is 1.81. The second-order valence-electron chi connectivity index (χ2n) is 4.37. The SMILES string of the molecule is CCCNC(CC)c1nnc(-c2ccc(Br)cc2)o1. The van der Waals surface area contributed by atoms with Crippen molar-refractivity contribution in [3.63, 3.8) is 0 Å². The normalized spacial score (nSPS) is 12.6. The maximum absolute atomic E-state index is 5.76. The Morgan fingerprint density at radius 2 is 1.95 bits per heavy atom. The molecule has 0 aliphatic heterocycles. The van der Waals surface area contributed by atoms with Crippen LogP contribution in [-0.2, 0) is 0 Å². The van der Waals surface area contributed by atoms with Crippen LogP contribution in [0.2, 0.25) is 0 Å². The molecule has 0 spiro atoms. The van der Waals surface area contributed by atoms with E-state index in [1.165, 1.54) is 0 Å². The van der Waals surface area contributed by atoms with Crippen molar-refractivity contribution in [3.8, 4) is 11.5 Å². The summed E-state index contributed by atoms with van der Waals surface area (Å²) in [6.45, 7) is 5.20. The molecule has 19 heavy (non-hydrogen) atoms. The zero-order chi connectivity index (χ0) is 13.7. The highest BCUT2D eigenvalue weighted by molar-refractivity contribution is 9.10. The van der Waals surface area contributed by atoms with Gasteiger partial charge in [-0.2, -0.15) is 0 Å². The molecule has 0 fully saturated rings. The maximum atomic E-state index is 5.76. The van der Waals surface area contributed by atoms with E-state index in [0.717, 1.165) is 29.4 Å². The highest BCUT2D eigenvalue weighted by Gasteiger charge is 2.16. The van der Waals surface area contributed by atoms with Crippen LogP contribution in [0.25, 0.3) is 11.5 Å².